The van der Waals surface area contributed by atoms with Crippen LogP contribution in [0.1, 0.15) is 43.2 Å². The predicted octanol–water partition coefficient (Wildman–Crippen LogP) is 2.40. The maximum absolute atomic E-state index is 13.7. The summed E-state index contributed by atoms with van der Waals surface area (Å²) in [6.07, 6.45) is 2.07. The van der Waals surface area contributed by atoms with Crippen molar-refractivity contribution in [3.8, 4) is 0 Å². The zero-order chi connectivity index (χ0) is 17.1. The van der Waals surface area contributed by atoms with Gasteiger partial charge in [0.25, 0.3) is 0 Å². The Kier molecular flexibility index (Phi) is 5.29. The molecule has 1 aromatic carbocycles. The van der Waals surface area contributed by atoms with Crippen LogP contribution in [0.4, 0.5) is 4.39 Å². The van der Waals surface area contributed by atoms with Crippen molar-refractivity contribution < 1.29 is 14.3 Å². The zero-order valence-corrected chi connectivity index (χ0v) is 14.0. The molecule has 1 aliphatic carbocycles. The molecule has 2 N–H and O–H groups in total. The third-order valence-electron chi connectivity index (χ3n) is 5.27. The van der Waals surface area contributed by atoms with Crippen molar-refractivity contribution in [1.29, 1.82) is 0 Å². The van der Waals surface area contributed by atoms with Gasteiger partial charge in [-0.15, -0.1) is 0 Å². The number of alkyl halides is 1. The van der Waals surface area contributed by atoms with Gasteiger partial charge in [-0.2, -0.15) is 0 Å². The lowest BCUT2D eigenvalue weighted by molar-refractivity contribution is -0.127. The zero-order valence-electron chi connectivity index (χ0n) is 14.0. The summed E-state index contributed by atoms with van der Waals surface area (Å²) in [5.41, 5.74) is 2.45. The molecule has 2 aliphatic rings. The van der Waals surface area contributed by atoms with Crippen molar-refractivity contribution >= 4 is 12.1 Å². The predicted molar refractivity (Wildman–Crippen MR) is 92.1 cm³/mol. The molecular formula is C19H25FN2O2. The van der Waals surface area contributed by atoms with Crippen LogP contribution in [0.3, 0.4) is 0 Å². The molecule has 5 heteroatoms. The lowest BCUT2D eigenvalue weighted by atomic mass is 9.91. The van der Waals surface area contributed by atoms with E-state index in [0.29, 0.717) is 31.3 Å². The molecule has 0 bridgehead atoms. The number of carbonyl (C=O) groups is 1. The molecule has 2 unspecified atom stereocenters. The third kappa shape index (κ3) is 3.66. The van der Waals surface area contributed by atoms with Crippen LogP contribution < -0.4 is 5.32 Å². The van der Waals surface area contributed by atoms with Gasteiger partial charge in [0.1, 0.15) is 6.17 Å². The van der Waals surface area contributed by atoms with Gasteiger partial charge < -0.3 is 10.4 Å². The highest BCUT2D eigenvalue weighted by Crippen LogP contribution is 2.30. The van der Waals surface area contributed by atoms with Crippen LogP contribution in [-0.2, 0) is 11.2 Å². The summed E-state index contributed by atoms with van der Waals surface area (Å²) in [4.78, 5) is 16.4. The lowest BCUT2D eigenvalue weighted by Gasteiger charge is -2.16. The van der Waals surface area contributed by atoms with Crippen LogP contribution in [0.5, 0.6) is 0 Å². The molecular weight excluding hydrogens is 307 g/mol. The molecule has 1 saturated carbocycles. The van der Waals surface area contributed by atoms with E-state index < -0.39 is 18.2 Å². The van der Waals surface area contributed by atoms with Crippen LogP contribution >= 0.6 is 0 Å². The van der Waals surface area contributed by atoms with Crippen molar-refractivity contribution in [2.75, 3.05) is 6.54 Å². The third-order valence-corrected chi connectivity index (χ3v) is 5.27. The molecule has 1 fully saturated rings. The SMILES string of the molecule is CC1N=CCC1c1ccc(CCNC(=O)[C@H]2CC[C@H](O)[C@@H]2F)cc1. The topological polar surface area (TPSA) is 61.7 Å². The minimum absolute atomic E-state index is 0.285. The Morgan fingerprint density at radius 3 is 2.67 bits per heavy atom. The normalized spacial score (nSPS) is 32.2. The number of aliphatic hydroxyl groups is 1. The average molecular weight is 332 g/mol. The lowest BCUT2D eigenvalue weighted by Crippen LogP contribution is -2.36. The molecule has 4 nitrogen and oxygen atoms in total. The number of hydrogen-bond acceptors (Lipinski definition) is 3. The van der Waals surface area contributed by atoms with E-state index in [-0.39, 0.29) is 5.91 Å². The van der Waals surface area contributed by atoms with Crippen LogP contribution in [0.15, 0.2) is 29.3 Å². The number of aliphatic hydroxyl groups excluding tert-OH is 1. The average Bonchev–Trinajstić information content (AvgIpc) is 3.15. The van der Waals surface area contributed by atoms with E-state index in [1.165, 1.54) is 5.56 Å². The van der Waals surface area contributed by atoms with Gasteiger partial charge in [0.15, 0.2) is 0 Å². The standard InChI is InChI=1S/C19H25FN2O2/c1-12-15(9-11-21-12)14-4-2-13(3-5-14)8-10-22-19(24)16-6-7-17(23)18(16)20/h2-5,11-12,15-18,23H,6-10H2,1H3,(H,22,24)/t12?,15?,16-,17-,18+/m0/s1. The highest BCUT2D eigenvalue weighted by atomic mass is 19.1. The van der Waals surface area contributed by atoms with Crippen molar-refractivity contribution in [1.82, 2.24) is 5.32 Å². The van der Waals surface area contributed by atoms with Crippen LogP contribution in [0.2, 0.25) is 0 Å². The second kappa shape index (κ2) is 7.43. The number of nitrogens with zero attached hydrogens (tertiary/aromatic N) is 1. The highest BCUT2D eigenvalue weighted by molar-refractivity contribution is 5.79. The number of aliphatic imine (C=N–C) groups is 1. The molecule has 3 rings (SSSR count). The largest absolute Gasteiger partial charge is 0.390 e. The van der Waals surface area contributed by atoms with Gasteiger partial charge in [0.2, 0.25) is 5.91 Å². The minimum atomic E-state index is -1.43. The molecule has 5 atom stereocenters. The van der Waals surface area contributed by atoms with Gasteiger partial charge in [0, 0.05) is 12.5 Å². The van der Waals surface area contributed by atoms with Gasteiger partial charge in [-0.25, -0.2) is 4.39 Å². The van der Waals surface area contributed by atoms with E-state index in [9.17, 15) is 14.3 Å². The second-order valence-corrected chi connectivity index (χ2v) is 6.89. The number of rotatable bonds is 5. The molecule has 1 aliphatic heterocycles. The Labute approximate surface area is 142 Å². The Morgan fingerprint density at radius 2 is 2.08 bits per heavy atom. The van der Waals surface area contributed by atoms with E-state index in [1.54, 1.807) is 0 Å². The minimum Gasteiger partial charge on any atom is -0.390 e. The fourth-order valence-corrected chi connectivity index (χ4v) is 3.66. The summed E-state index contributed by atoms with van der Waals surface area (Å²) < 4.78 is 13.7. The fourth-order valence-electron chi connectivity index (χ4n) is 3.66. The Morgan fingerprint density at radius 1 is 1.33 bits per heavy atom. The summed E-state index contributed by atoms with van der Waals surface area (Å²) in [6.45, 7) is 2.62. The van der Waals surface area contributed by atoms with Gasteiger partial charge in [-0.1, -0.05) is 24.3 Å². The van der Waals surface area contributed by atoms with Crippen LogP contribution in [-0.4, -0.2) is 42.1 Å². The molecule has 0 saturated heterocycles. The maximum atomic E-state index is 13.7. The summed E-state index contributed by atoms with van der Waals surface area (Å²) in [5, 5.41) is 12.2. The molecule has 0 radical (unpaired) electrons. The molecule has 24 heavy (non-hydrogen) atoms. The Bertz CT molecular complexity index is 602. The van der Waals surface area contributed by atoms with Gasteiger partial charge in [-0.3, -0.25) is 9.79 Å². The molecule has 1 heterocycles. The summed E-state index contributed by atoms with van der Waals surface area (Å²) in [5.74, 6) is -0.520. The maximum Gasteiger partial charge on any atom is 0.226 e. The molecule has 0 spiro atoms. The molecule has 0 aromatic heterocycles. The smallest absolute Gasteiger partial charge is 0.226 e. The number of halogens is 1. The van der Waals surface area contributed by atoms with Crippen molar-refractivity contribution in [2.45, 2.75) is 56.8 Å². The van der Waals surface area contributed by atoms with E-state index in [0.717, 1.165) is 18.4 Å². The van der Waals surface area contributed by atoms with Crippen molar-refractivity contribution in [2.24, 2.45) is 10.9 Å². The fraction of sp³-hybridized carbons (Fsp3) is 0.579. The van der Waals surface area contributed by atoms with Gasteiger partial charge in [-0.05, 0) is 49.9 Å². The van der Waals surface area contributed by atoms with E-state index in [2.05, 4.69) is 41.5 Å². The second-order valence-electron chi connectivity index (χ2n) is 6.89. The van der Waals surface area contributed by atoms with Gasteiger partial charge in [0.05, 0.1) is 18.1 Å². The number of hydrogen-bond donors (Lipinski definition) is 2. The molecule has 1 amide bonds. The first-order valence-corrected chi connectivity index (χ1v) is 8.76. The molecule has 130 valence electrons. The highest BCUT2D eigenvalue weighted by Gasteiger charge is 2.39. The number of amides is 1. The number of nitrogens with one attached hydrogen (secondary N) is 1. The summed E-state index contributed by atoms with van der Waals surface area (Å²) in [6, 6.07) is 8.79. The van der Waals surface area contributed by atoms with Crippen molar-refractivity contribution in [3.63, 3.8) is 0 Å². The number of carbonyl (C=O) groups excluding carboxylic acids is 1. The summed E-state index contributed by atoms with van der Waals surface area (Å²) >= 11 is 0. The van der Waals surface area contributed by atoms with Crippen molar-refractivity contribution in [3.05, 3.63) is 35.4 Å². The van der Waals surface area contributed by atoms with E-state index in [1.807, 2.05) is 6.21 Å². The first-order valence-electron chi connectivity index (χ1n) is 8.76. The van der Waals surface area contributed by atoms with E-state index >= 15 is 0 Å². The Balaban J connectivity index is 1.46. The molecule has 1 aromatic rings. The van der Waals surface area contributed by atoms with E-state index in [4.69, 9.17) is 0 Å². The number of benzene rings is 1. The first kappa shape index (κ1) is 17.1. The Hall–Kier alpha value is -1.75. The van der Waals surface area contributed by atoms with Crippen LogP contribution in [0, 0.1) is 5.92 Å². The first-order chi connectivity index (χ1) is 11.6. The van der Waals surface area contributed by atoms with Crippen LogP contribution in [0.25, 0.3) is 0 Å². The van der Waals surface area contributed by atoms with Gasteiger partial charge >= 0.3 is 0 Å². The monoisotopic (exact) mass is 332 g/mol. The quantitative estimate of drug-likeness (QED) is 0.870. The summed E-state index contributed by atoms with van der Waals surface area (Å²) in [7, 11) is 0.